The zero-order valence-corrected chi connectivity index (χ0v) is 17.7. The first-order chi connectivity index (χ1) is 15.9. The molecule has 0 radical (unpaired) electrons. The number of aromatic nitrogens is 4. The SMILES string of the molecule is c1ccc(C(c2ccccc2)N2CCN(c3nc4ccccc4n4cnnc34)CC2)cc1. The summed E-state index contributed by atoms with van der Waals surface area (Å²) in [5.74, 6) is 0.914. The molecule has 6 heteroatoms. The van der Waals surface area contributed by atoms with Crippen LogP contribution >= 0.6 is 0 Å². The lowest BCUT2D eigenvalue weighted by atomic mass is 9.96. The highest BCUT2D eigenvalue weighted by Gasteiger charge is 2.28. The van der Waals surface area contributed by atoms with Crippen LogP contribution < -0.4 is 4.90 Å². The maximum absolute atomic E-state index is 4.97. The quantitative estimate of drug-likeness (QED) is 0.436. The molecular weight excluding hydrogens is 396 g/mol. The van der Waals surface area contributed by atoms with Crippen LogP contribution in [0.4, 0.5) is 5.82 Å². The van der Waals surface area contributed by atoms with Gasteiger partial charge in [0, 0.05) is 26.2 Å². The molecule has 158 valence electrons. The Hall–Kier alpha value is -3.77. The van der Waals surface area contributed by atoms with Crippen molar-refractivity contribution in [2.45, 2.75) is 6.04 Å². The second kappa shape index (κ2) is 8.05. The van der Waals surface area contributed by atoms with Crippen molar-refractivity contribution in [2.24, 2.45) is 0 Å². The molecule has 3 aromatic carbocycles. The molecular formula is C26H24N6. The summed E-state index contributed by atoms with van der Waals surface area (Å²) in [7, 11) is 0. The average molecular weight is 421 g/mol. The van der Waals surface area contributed by atoms with E-state index in [1.807, 2.05) is 16.5 Å². The van der Waals surface area contributed by atoms with Gasteiger partial charge in [-0.05, 0) is 23.3 Å². The molecule has 32 heavy (non-hydrogen) atoms. The number of fused-ring (bicyclic) bond motifs is 3. The Balaban J connectivity index is 1.31. The van der Waals surface area contributed by atoms with Gasteiger partial charge < -0.3 is 4.90 Å². The lowest BCUT2D eigenvalue weighted by molar-refractivity contribution is 0.212. The first-order valence-corrected chi connectivity index (χ1v) is 11.1. The van der Waals surface area contributed by atoms with E-state index < -0.39 is 0 Å². The van der Waals surface area contributed by atoms with Gasteiger partial charge in [0.05, 0.1) is 17.1 Å². The minimum absolute atomic E-state index is 0.247. The summed E-state index contributed by atoms with van der Waals surface area (Å²) in [6, 6.07) is 30.0. The second-order valence-corrected chi connectivity index (χ2v) is 8.20. The maximum atomic E-state index is 4.97. The van der Waals surface area contributed by atoms with Crippen LogP contribution in [0.2, 0.25) is 0 Å². The van der Waals surface area contributed by atoms with E-state index in [0.29, 0.717) is 0 Å². The zero-order chi connectivity index (χ0) is 21.3. The number of piperazine rings is 1. The van der Waals surface area contributed by atoms with E-state index in [1.54, 1.807) is 6.33 Å². The van der Waals surface area contributed by atoms with Gasteiger partial charge in [-0.15, -0.1) is 10.2 Å². The summed E-state index contributed by atoms with van der Waals surface area (Å²) in [4.78, 5) is 9.89. The minimum atomic E-state index is 0.247. The topological polar surface area (TPSA) is 49.6 Å². The number of hydrogen-bond acceptors (Lipinski definition) is 5. The predicted molar refractivity (Wildman–Crippen MR) is 127 cm³/mol. The van der Waals surface area contributed by atoms with E-state index in [2.05, 4.69) is 92.8 Å². The molecule has 0 bridgehead atoms. The van der Waals surface area contributed by atoms with Crippen molar-refractivity contribution in [1.82, 2.24) is 24.5 Å². The van der Waals surface area contributed by atoms with E-state index in [0.717, 1.165) is 48.7 Å². The molecule has 0 unspecified atom stereocenters. The smallest absolute Gasteiger partial charge is 0.204 e. The standard InChI is InChI=1S/C26H24N6/c1-3-9-20(10-4-1)24(21-11-5-2-6-12-21)30-15-17-31(18-16-30)25-26-29-27-19-32(26)23-14-8-7-13-22(23)28-25/h1-14,19,24H,15-18H2. The van der Waals surface area contributed by atoms with Crippen LogP contribution in [0, 0.1) is 0 Å². The lowest BCUT2D eigenvalue weighted by Crippen LogP contribution is -2.48. The summed E-state index contributed by atoms with van der Waals surface area (Å²) in [5.41, 5.74) is 5.47. The maximum Gasteiger partial charge on any atom is 0.204 e. The normalized spacial score (nSPS) is 15.1. The van der Waals surface area contributed by atoms with E-state index >= 15 is 0 Å². The van der Waals surface area contributed by atoms with Crippen molar-refractivity contribution in [3.05, 3.63) is 102 Å². The Morgan fingerprint density at radius 3 is 2.00 bits per heavy atom. The van der Waals surface area contributed by atoms with Crippen LogP contribution in [-0.2, 0) is 0 Å². The van der Waals surface area contributed by atoms with Crippen molar-refractivity contribution < 1.29 is 0 Å². The van der Waals surface area contributed by atoms with Gasteiger partial charge in [0.25, 0.3) is 0 Å². The number of benzene rings is 3. The Labute approximate surface area is 186 Å². The van der Waals surface area contributed by atoms with E-state index in [1.165, 1.54) is 11.1 Å². The fourth-order valence-electron chi connectivity index (χ4n) is 4.78. The molecule has 0 atom stereocenters. The molecule has 2 aromatic heterocycles. The third-order valence-corrected chi connectivity index (χ3v) is 6.32. The summed E-state index contributed by atoms with van der Waals surface area (Å²) < 4.78 is 2.04. The Bertz CT molecular complexity index is 1300. The largest absolute Gasteiger partial charge is 0.351 e. The molecule has 0 aliphatic carbocycles. The Morgan fingerprint density at radius 1 is 0.688 bits per heavy atom. The fourth-order valence-corrected chi connectivity index (χ4v) is 4.78. The monoisotopic (exact) mass is 420 g/mol. The molecule has 1 fully saturated rings. The summed E-state index contributed by atoms with van der Waals surface area (Å²) in [6.45, 7) is 3.68. The van der Waals surface area contributed by atoms with Crippen molar-refractivity contribution in [1.29, 1.82) is 0 Å². The molecule has 0 saturated carbocycles. The summed E-state index contributed by atoms with van der Waals surface area (Å²) in [6.07, 6.45) is 1.78. The first-order valence-electron chi connectivity index (χ1n) is 11.1. The van der Waals surface area contributed by atoms with E-state index in [9.17, 15) is 0 Å². The van der Waals surface area contributed by atoms with Gasteiger partial charge in [-0.3, -0.25) is 9.30 Å². The van der Waals surface area contributed by atoms with Gasteiger partial charge in [-0.25, -0.2) is 4.98 Å². The molecule has 5 aromatic rings. The molecule has 1 aliphatic heterocycles. The van der Waals surface area contributed by atoms with Gasteiger partial charge in [0.2, 0.25) is 5.65 Å². The molecule has 6 nitrogen and oxygen atoms in total. The molecule has 6 rings (SSSR count). The highest BCUT2D eigenvalue weighted by Crippen LogP contribution is 2.31. The third kappa shape index (κ3) is 3.29. The van der Waals surface area contributed by atoms with Crippen molar-refractivity contribution in [3.8, 4) is 0 Å². The predicted octanol–water partition coefficient (Wildman–Crippen LogP) is 4.19. The minimum Gasteiger partial charge on any atom is -0.351 e. The number of anilines is 1. The number of para-hydroxylation sites is 2. The molecule has 0 amide bonds. The molecule has 1 aliphatic rings. The van der Waals surface area contributed by atoms with Crippen molar-refractivity contribution in [3.63, 3.8) is 0 Å². The third-order valence-electron chi connectivity index (χ3n) is 6.32. The molecule has 3 heterocycles. The summed E-state index contributed by atoms with van der Waals surface area (Å²) >= 11 is 0. The van der Waals surface area contributed by atoms with Crippen LogP contribution in [0.5, 0.6) is 0 Å². The van der Waals surface area contributed by atoms with Crippen molar-refractivity contribution >= 4 is 22.5 Å². The summed E-state index contributed by atoms with van der Waals surface area (Å²) in [5, 5.41) is 8.55. The van der Waals surface area contributed by atoms with Crippen LogP contribution in [0.25, 0.3) is 16.7 Å². The second-order valence-electron chi connectivity index (χ2n) is 8.20. The Morgan fingerprint density at radius 2 is 1.31 bits per heavy atom. The van der Waals surface area contributed by atoms with Gasteiger partial charge in [0.1, 0.15) is 6.33 Å². The molecule has 0 N–H and O–H groups in total. The number of nitrogens with zero attached hydrogens (tertiary/aromatic N) is 6. The molecule has 1 saturated heterocycles. The lowest BCUT2D eigenvalue weighted by Gasteiger charge is -2.40. The highest BCUT2D eigenvalue weighted by molar-refractivity contribution is 5.82. The first kappa shape index (κ1) is 19.0. The van der Waals surface area contributed by atoms with Gasteiger partial charge in [-0.2, -0.15) is 0 Å². The van der Waals surface area contributed by atoms with Crippen LogP contribution in [0.1, 0.15) is 17.2 Å². The zero-order valence-electron chi connectivity index (χ0n) is 17.7. The van der Waals surface area contributed by atoms with Crippen LogP contribution in [0.15, 0.2) is 91.3 Å². The fraction of sp³-hybridized carbons (Fsp3) is 0.192. The van der Waals surface area contributed by atoms with Gasteiger partial charge in [0.15, 0.2) is 5.82 Å². The molecule has 0 spiro atoms. The van der Waals surface area contributed by atoms with Crippen LogP contribution in [-0.4, -0.2) is 50.7 Å². The number of rotatable bonds is 4. The average Bonchev–Trinajstić information content (AvgIpc) is 3.36. The van der Waals surface area contributed by atoms with Gasteiger partial charge >= 0.3 is 0 Å². The van der Waals surface area contributed by atoms with Crippen molar-refractivity contribution in [2.75, 3.05) is 31.1 Å². The van der Waals surface area contributed by atoms with Gasteiger partial charge in [-0.1, -0.05) is 72.8 Å². The van der Waals surface area contributed by atoms with Crippen LogP contribution in [0.3, 0.4) is 0 Å². The van der Waals surface area contributed by atoms with E-state index in [4.69, 9.17) is 4.98 Å². The Kier molecular flexibility index (Phi) is 4.77. The van der Waals surface area contributed by atoms with E-state index in [-0.39, 0.29) is 6.04 Å². The highest BCUT2D eigenvalue weighted by atomic mass is 15.3. The number of hydrogen-bond donors (Lipinski definition) is 0.